The third-order valence-electron chi connectivity index (χ3n) is 5.29. The number of carbonyl (C=O) groups is 1. The number of carbonyl (C=O) groups excluding carboxylic acids is 1. The Morgan fingerprint density at radius 1 is 1.04 bits per heavy atom. The summed E-state index contributed by atoms with van der Waals surface area (Å²) in [5, 5.41) is 0.640. The molecule has 0 unspecified atom stereocenters. The van der Waals surface area contributed by atoms with Crippen molar-refractivity contribution < 1.29 is 4.79 Å². The minimum Gasteiger partial charge on any atom is -0.337 e. The number of hydrogen-bond donors (Lipinski definition) is 0. The van der Waals surface area contributed by atoms with Crippen molar-refractivity contribution in [2.45, 2.75) is 38.1 Å². The molecular formula is C18H23ClN4O. The molecule has 5 nitrogen and oxygen atoms in total. The molecule has 128 valence electrons. The van der Waals surface area contributed by atoms with Crippen LogP contribution in [0.3, 0.4) is 0 Å². The Hall–Kier alpha value is -1.59. The van der Waals surface area contributed by atoms with E-state index in [4.69, 9.17) is 11.6 Å². The van der Waals surface area contributed by atoms with E-state index in [1.165, 1.54) is 32.4 Å². The van der Waals surface area contributed by atoms with Gasteiger partial charge in [0.25, 0.3) is 5.91 Å². The molecule has 0 spiro atoms. The lowest BCUT2D eigenvalue weighted by Crippen LogP contribution is -2.48. The summed E-state index contributed by atoms with van der Waals surface area (Å²) >= 11 is 6.00. The average molecular weight is 347 g/mol. The van der Waals surface area contributed by atoms with E-state index in [-0.39, 0.29) is 5.91 Å². The zero-order valence-corrected chi connectivity index (χ0v) is 14.6. The summed E-state index contributed by atoms with van der Waals surface area (Å²) in [4.78, 5) is 21.8. The van der Waals surface area contributed by atoms with Gasteiger partial charge in [-0.05, 0) is 50.9 Å². The first-order chi connectivity index (χ1) is 11.7. The predicted molar refractivity (Wildman–Crippen MR) is 94.6 cm³/mol. The number of rotatable bonds is 2. The van der Waals surface area contributed by atoms with E-state index in [9.17, 15) is 4.79 Å². The molecule has 0 atom stereocenters. The van der Waals surface area contributed by atoms with Crippen molar-refractivity contribution in [2.75, 3.05) is 26.2 Å². The van der Waals surface area contributed by atoms with E-state index in [0.717, 1.165) is 31.6 Å². The second-order valence-corrected chi connectivity index (χ2v) is 7.30. The Bertz CT molecular complexity index is 730. The first-order valence-electron chi connectivity index (χ1n) is 8.88. The summed E-state index contributed by atoms with van der Waals surface area (Å²) in [5.41, 5.74) is 1.26. The molecule has 4 heterocycles. The van der Waals surface area contributed by atoms with Crippen LogP contribution in [0.4, 0.5) is 0 Å². The van der Waals surface area contributed by atoms with Crippen LogP contribution in [0.25, 0.3) is 5.65 Å². The molecule has 4 rings (SSSR count). The van der Waals surface area contributed by atoms with Crippen molar-refractivity contribution in [3.05, 3.63) is 35.2 Å². The van der Waals surface area contributed by atoms with Gasteiger partial charge in [0.2, 0.25) is 0 Å². The Balaban J connectivity index is 1.41. The minimum atomic E-state index is 0.0342. The number of nitrogens with zero attached hydrogens (tertiary/aromatic N) is 4. The number of amides is 1. The summed E-state index contributed by atoms with van der Waals surface area (Å²) in [6, 6.07) is 4.28. The van der Waals surface area contributed by atoms with E-state index in [1.807, 2.05) is 15.4 Å². The van der Waals surface area contributed by atoms with Crippen LogP contribution in [-0.4, -0.2) is 57.3 Å². The van der Waals surface area contributed by atoms with Crippen LogP contribution in [0.5, 0.6) is 0 Å². The fourth-order valence-electron chi connectivity index (χ4n) is 3.95. The third-order valence-corrected chi connectivity index (χ3v) is 5.52. The monoisotopic (exact) mass is 346 g/mol. The van der Waals surface area contributed by atoms with Crippen LogP contribution in [0.1, 0.15) is 42.6 Å². The standard InChI is InChI=1S/C18H23ClN4O/c19-14-4-5-17-20-16(13-23(17)12-14)18(24)22-10-6-15(7-11-22)21-8-2-1-3-9-21/h4-5,12-13,15H,1-3,6-11H2. The molecule has 24 heavy (non-hydrogen) atoms. The van der Waals surface area contributed by atoms with Crippen LogP contribution in [0.15, 0.2) is 24.5 Å². The fourth-order valence-corrected chi connectivity index (χ4v) is 4.12. The van der Waals surface area contributed by atoms with Gasteiger partial charge in [-0.3, -0.25) is 4.79 Å². The summed E-state index contributed by atoms with van der Waals surface area (Å²) in [5.74, 6) is 0.0342. The summed E-state index contributed by atoms with van der Waals surface area (Å²) in [6.45, 7) is 4.11. The molecule has 2 aromatic rings. The normalized spacial score (nSPS) is 20.6. The van der Waals surface area contributed by atoms with Gasteiger partial charge >= 0.3 is 0 Å². The predicted octanol–water partition coefficient (Wildman–Crippen LogP) is 3.08. The van der Waals surface area contributed by atoms with Gasteiger partial charge in [0.05, 0.1) is 5.02 Å². The molecule has 0 aliphatic carbocycles. The molecular weight excluding hydrogens is 324 g/mol. The van der Waals surface area contributed by atoms with Gasteiger partial charge in [0.1, 0.15) is 11.3 Å². The maximum atomic E-state index is 12.7. The maximum absolute atomic E-state index is 12.7. The topological polar surface area (TPSA) is 40.9 Å². The molecule has 2 aliphatic rings. The van der Waals surface area contributed by atoms with E-state index in [1.54, 1.807) is 18.5 Å². The number of likely N-dealkylation sites (tertiary alicyclic amines) is 2. The van der Waals surface area contributed by atoms with Gasteiger partial charge in [0.15, 0.2) is 0 Å². The zero-order chi connectivity index (χ0) is 16.5. The van der Waals surface area contributed by atoms with Crippen LogP contribution < -0.4 is 0 Å². The van der Waals surface area contributed by atoms with Gasteiger partial charge in [-0.2, -0.15) is 0 Å². The van der Waals surface area contributed by atoms with E-state index < -0.39 is 0 Å². The van der Waals surface area contributed by atoms with Gasteiger partial charge in [-0.15, -0.1) is 0 Å². The molecule has 2 saturated heterocycles. The fraction of sp³-hybridized carbons (Fsp3) is 0.556. The smallest absolute Gasteiger partial charge is 0.274 e. The lowest BCUT2D eigenvalue weighted by atomic mass is 10.00. The van der Waals surface area contributed by atoms with Crippen molar-refractivity contribution >= 4 is 23.2 Å². The molecule has 0 bridgehead atoms. The van der Waals surface area contributed by atoms with Crippen molar-refractivity contribution in [3.63, 3.8) is 0 Å². The van der Waals surface area contributed by atoms with Gasteiger partial charge in [-0.1, -0.05) is 18.0 Å². The Morgan fingerprint density at radius 3 is 2.54 bits per heavy atom. The van der Waals surface area contributed by atoms with Crippen LogP contribution in [-0.2, 0) is 0 Å². The highest BCUT2D eigenvalue weighted by molar-refractivity contribution is 6.30. The average Bonchev–Trinajstić information content (AvgIpc) is 3.05. The van der Waals surface area contributed by atoms with E-state index in [2.05, 4.69) is 9.88 Å². The second kappa shape index (κ2) is 6.73. The van der Waals surface area contributed by atoms with Gasteiger partial charge in [0, 0.05) is 31.5 Å². The molecule has 1 amide bonds. The number of pyridine rings is 1. The molecule has 0 N–H and O–H groups in total. The molecule has 0 saturated carbocycles. The Labute approximate surface area is 147 Å². The number of imidazole rings is 1. The van der Waals surface area contributed by atoms with Crippen molar-refractivity contribution in [1.29, 1.82) is 0 Å². The maximum Gasteiger partial charge on any atom is 0.274 e. The first kappa shape index (κ1) is 15.9. The zero-order valence-electron chi connectivity index (χ0n) is 13.8. The highest BCUT2D eigenvalue weighted by Gasteiger charge is 2.28. The van der Waals surface area contributed by atoms with Crippen LogP contribution in [0, 0.1) is 0 Å². The molecule has 6 heteroatoms. The van der Waals surface area contributed by atoms with E-state index >= 15 is 0 Å². The number of piperidine rings is 2. The highest BCUT2D eigenvalue weighted by atomic mass is 35.5. The quantitative estimate of drug-likeness (QED) is 0.839. The van der Waals surface area contributed by atoms with Crippen LogP contribution >= 0.6 is 11.6 Å². The summed E-state index contributed by atoms with van der Waals surface area (Å²) in [7, 11) is 0. The molecule has 0 radical (unpaired) electrons. The summed E-state index contributed by atoms with van der Waals surface area (Å²) in [6.07, 6.45) is 9.72. The minimum absolute atomic E-state index is 0.0342. The van der Waals surface area contributed by atoms with E-state index in [0.29, 0.717) is 16.8 Å². The van der Waals surface area contributed by atoms with Gasteiger partial charge < -0.3 is 14.2 Å². The Kier molecular flexibility index (Phi) is 4.46. The SMILES string of the molecule is O=C(c1cn2cc(Cl)ccc2n1)N1CCC(N2CCCCC2)CC1. The first-order valence-corrected chi connectivity index (χ1v) is 9.26. The number of aromatic nitrogens is 2. The lowest BCUT2D eigenvalue weighted by Gasteiger charge is -2.40. The summed E-state index contributed by atoms with van der Waals surface area (Å²) < 4.78 is 1.82. The largest absolute Gasteiger partial charge is 0.337 e. The molecule has 2 fully saturated rings. The number of fused-ring (bicyclic) bond motifs is 1. The van der Waals surface area contributed by atoms with Crippen LogP contribution in [0.2, 0.25) is 5.02 Å². The molecule has 0 aromatic carbocycles. The molecule has 2 aliphatic heterocycles. The molecule has 2 aromatic heterocycles. The van der Waals surface area contributed by atoms with Crippen molar-refractivity contribution in [3.8, 4) is 0 Å². The highest BCUT2D eigenvalue weighted by Crippen LogP contribution is 2.22. The van der Waals surface area contributed by atoms with Gasteiger partial charge in [-0.25, -0.2) is 4.98 Å². The lowest BCUT2D eigenvalue weighted by molar-refractivity contribution is 0.0585. The Morgan fingerprint density at radius 2 is 1.79 bits per heavy atom. The number of hydrogen-bond acceptors (Lipinski definition) is 3. The second-order valence-electron chi connectivity index (χ2n) is 6.86. The van der Waals surface area contributed by atoms with Crippen molar-refractivity contribution in [2.24, 2.45) is 0 Å². The number of halogens is 1. The van der Waals surface area contributed by atoms with Crippen molar-refractivity contribution in [1.82, 2.24) is 19.2 Å². The third kappa shape index (κ3) is 3.15.